The fourth-order valence-electron chi connectivity index (χ4n) is 2.46. The summed E-state index contributed by atoms with van der Waals surface area (Å²) in [5.74, 6) is 7.54. The Kier molecular flexibility index (Phi) is 5.16. The largest absolute Gasteiger partial charge is 0.311 e. The van der Waals surface area contributed by atoms with Crippen molar-refractivity contribution in [1.82, 2.24) is 14.9 Å². The average molecular weight is 324 g/mol. The Morgan fingerprint density at radius 2 is 1.87 bits per heavy atom. The Morgan fingerprint density at radius 1 is 1.09 bits per heavy atom. The Bertz CT molecular complexity index is 686. The quantitative estimate of drug-likeness (QED) is 0.805. The van der Waals surface area contributed by atoms with Gasteiger partial charge in [-0.05, 0) is 37.4 Å². The Hall–Kier alpha value is -2.03. The van der Waals surface area contributed by atoms with Gasteiger partial charge in [0.1, 0.15) is 10.8 Å². The van der Waals surface area contributed by atoms with E-state index in [0.717, 1.165) is 41.1 Å². The number of aromatic nitrogens is 2. The van der Waals surface area contributed by atoms with Crippen LogP contribution in [0.15, 0.2) is 46.6 Å². The van der Waals surface area contributed by atoms with E-state index in [0.29, 0.717) is 6.54 Å². The topological polar surface area (TPSA) is 32.3 Å². The maximum Gasteiger partial charge on any atom is 0.148 e. The molecule has 0 saturated carbocycles. The predicted octanol–water partition coefficient (Wildman–Crippen LogP) is 3.42. The Morgan fingerprint density at radius 3 is 2.70 bits per heavy atom. The van der Waals surface area contributed by atoms with E-state index in [4.69, 9.17) is 0 Å². The number of pyridine rings is 2. The van der Waals surface area contributed by atoms with Crippen LogP contribution in [0.5, 0.6) is 0 Å². The molecule has 0 unspecified atom stereocenters. The number of anilines is 2. The van der Waals surface area contributed by atoms with Crippen molar-refractivity contribution in [3.63, 3.8) is 0 Å². The second-order valence-electron chi connectivity index (χ2n) is 5.16. The summed E-state index contributed by atoms with van der Waals surface area (Å²) in [5, 5.41) is 1.01. The molecule has 118 valence electrons. The van der Waals surface area contributed by atoms with Gasteiger partial charge in [-0.1, -0.05) is 37.5 Å². The smallest absolute Gasteiger partial charge is 0.148 e. The van der Waals surface area contributed by atoms with E-state index >= 15 is 0 Å². The highest BCUT2D eigenvalue weighted by molar-refractivity contribution is 7.99. The van der Waals surface area contributed by atoms with E-state index in [-0.39, 0.29) is 0 Å². The Labute approximate surface area is 141 Å². The summed E-state index contributed by atoms with van der Waals surface area (Å²) in [6.07, 6.45) is 3.66. The van der Waals surface area contributed by atoms with Gasteiger partial charge < -0.3 is 4.90 Å². The molecule has 0 atom stereocenters. The molecule has 0 aliphatic carbocycles. The molecule has 0 spiro atoms. The molecule has 0 bridgehead atoms. The number of hydrogen-bond donors (Lipinski definition) is 0. The molecule has 23 heavy (non-hydrogen) atoms. The lowest BCUT2D eigenvalue weighted by Crippen LogP contribution is -2.24. The van der Waals surface area contributed by atoms with Crippen LogP contribution in [0, 0.1) is 11.8 Å². The van der Waals surface area contributed by atoms with Gasteiger partial charge >= 0.3 is 0 Å². The van der Waals surface area contributed by atoms with Crippen molar-refractivity contribution in [3.8, 4) is 11.8 Å². The second kappa shape index (κ2) is 7.49. The third-order valence-electron chi connectivity index (χ3n) is 3.81. The maximum absolute atomic E-state index is 4.54. The zero-order chi connectivity index (χ0) is 16.1. The molecule has 0 aromatic carbocycles. The van der Waals surface area contributed by atoms with Crippen molar-refractivity contribution >= 4 is 23.3 Å². The molecule has 2 aromatic heterocycles. The van der Waals surface area contributed by atoms with Crippen LogP contribution in [0.2, 0.25) is 0 Å². The summed E-state index contributed by atoms with van der Waals surface area (Å²) in [7, 11) is 0. The molecular formula is C18H20N4S. The van der Waals surface area contributed by atoms with Crippen molar-refractivity contribution in [3.05, 3.63) is 36.7 Å². The molecule has 0 fully saturated rings. The highest BCUT2D eigenvalue weighted by Crippen LogP contribution is 2.45. The Balaban J connectivity index is 1.83. The minimum atomic E-state index is 0.629. The minimum absolute atomic E-state index is 0.629. The fourth-order valence-corrected chi connectivity index (χ4v) is 3.46. The average Bonchev–Trinajstić information content (AvgIpc) is 2.61. The predicted molar refractivity (Wildman–Crippen MR) is 95.2 cm³/mol. The van der Waals surface area contributed by atoms with Crippen molar-refractivity contribution in [1.29, 1.82) is 0 Å². The molecule has 4 nitrogen and oxygen atoms in total. The normalized spacial score (nSPS) is 12.4. The molecule has 1 aliphatic heterocycles. The monoisotopic (exact) mass is 324 g/mol. The summed E-state index contributed by atoms with van der Waals surface area (Å²) in [6, 6.07) is 8.09. The first-order chi connectivity index (χ1) is 11.3. The lowest BCUT2D eigenvalue weighted by atomic mass is 10.3. The van der Waals surface area contributed by atoms with Gasteiger partial charge in [0, 0.05) is 12.4 Å². The van der Waals surface area contributed by atoms with Gasteiger partial charge in [0.05, 0.1) is 23.7 Å². The van der Waals surface area contributed by atoms with E-state index in [1.165, 1.54) is 0 Å². The molecule has 2 aromatic rings. The second-order valence-corrected chi connectivity index (χ2v) is 6.19. The lowest BCUT2D eigenvalue weighted by molar-refractivity contribution is 0.342. The molecular weight excluding hydrogens is 304 g/mol. The summed E-state index contributed by atoms with van der Waals surface area (Å²) in [5.41, 5.74) is 1.08. The number of fused-ring (bicyclic) bond motifs is 2. The van der Waals surface area contributed by atoms with E-state index in [9.17, 15) is 0 Å². The SMILES string of the molecule is CCN(CC)CC#CCN1c2cccnc2Sc2cccnc21. The van der Waals surface area contributed by atoms with Crippen molar-refractivity contribution in [2.45, 2.75) is 23.8 Å². The van der Waals surface area contributed by atoms with Crippen LogP contribution in [0.25, 0.3) is 0 Å². The highest BCUT2D eigenvalue weighted by atomic mass is 32.2. The van der Waals surface area contributed by atoms with Crippen LogP contribution < -0.4 is 4.90 Å². The van der Waals surface area contributed by atoms with Gasteiger partial charge in [-0.15, -0.1) is 0 Å². The summed E-state index contributed by atoms with van der Waals surface area (Å²) in [4.78, 5) is 14.6. The molecule has 0 saturated heterocycles. The number of rotatable bonds is 4. The van der Waals surface area contributed by atoms with Crippen LogP contribution in [0.1, 0.15) is 13.8 Å². The van der Waals surface area contributed by atoms with E-state index in [1.807, 2.05) is 24.5 Å². The van der Waals surface area contributed by atoms with Gasteiger partial charge in [-0.3, -0.25) is 4.90 Å². The first kappa shape index (κ1) is 15.9. The number of hydrogen-bond acceptors (Lipinski definition) is 5. The molecule has 5 heteroatoms. The van der Waals surface area contributed by atoms with Gasteiger partial charge in [0.25, 0.3) is 0 Å². The van der Waals surface area contributed by atoms with Gasteiger partial charge in [-0.25, -0.2) is 9.97 Å². The van der Waals surface area contributed by atoms with Crippen molar-refractivity contribution in [2.24, 2.45) is 0 Å². The molecule has 3 heterocycles. The zero-order valence-electron chi connectivity index (χ0n) is 13.5. The van der Waals surface area contributed by atoms with Crippen LogP contribution in [-0.4, -0.2) is 41.0 Å². The summed E-state index contributed by atoms with van der Waals surface area (Å²) >= 11 is 1.67. The maximum atomic E-state index is 4.54. The third kappa shape index (κ3) is 3.49. The van der Waals surface area contributed by atoms with Crippen molar-refractivity contribution in [2.75, 3.05) is 31.1 Å². The lowest BCUT2D eigenvalue weighted by Gasteiger charge is -2.29. The van der Waals surface area contributed by atoms with Crippen LogP contribution in [0.3, 0.4) is 0 Å². The van der Waals surface area contributed by atoms with E-state index < -0.39 is 0 Å². The molecule has 3 rings (SSSR count). The first-order valence-electron chi connectivity index (χ1n) is 7.87. The van der Waals surface area contributed by atoms with E-state index in [2.05, 4.69) is 57.6 Å². The van der Waals surface area contributed by atoms with Gasteiger partial charge in [-0.2, -0.15) is 0 Å². The molecule has 0 N–H and O–H groups in total. The molecule has 1 aliphatic rings. The third-order valence-corrected chi connectivity index (χ3v) is 4.86. The fraction of sp³-hybridized carbons (Fsp3) is 0.333. The van der Waals surface area contributed by atoms with Crippen molar-refractivity contribution < 1.29 is 0 Å². The van der Waals surface area contributed by atoms with Gasteiger partial charge in [0.2, 0.25) is 0 Å². The van der Waals surface area contributed by atoms with Crippen LogP contribution in [-0.2, 0) is 0 Å². The number of nitrogens with zero attached hydrogens (tertiary/aromatic N) is 4. The standard InChI is InChI=1S/C18H20N4S/c1-3-21(4-2)13-5-6-14-22-15-9-7-12-20-18(15)23-16-10-8-11-19-17(16)22/h7-12H,3-4,13-14H2,1-2H3. The van der Waals surface area contributed by atoms with E-state index in [1.54, 1.807) is 11.8 Å². The van der Waals surface area contributed by atoms with Crippen LogP contribution >= 0.6 is 11.8 Å². The summed E-state index contributed by atoms with van der Waals surface area (Å²) < 4.78 is 0. The highest BCUT2D eigenvalue weighted by Gasteiger charge is 2.24. The van der Waals surface area contributed by atoms with Gasteiger partial charge in [0.15, 0.2) is 0 Å². The summed E-state index contributed by atoms with van der Waals surface area (Å²) in [6.45, 7) is 7.82. The molecule has 0 radical (unpaired) electrons. The zero-order valence-corrected chi connectivity index (χ0v) is 14.3. The minimum Gasteiger partial charge on any atom is -0.311 e. The first-order valence-corrected chi connectivity index (χ1v) is 8.68. The van der Waals surface area contributed by atoms with Crippen LogP contribution in [0.4, 0.5) is 11.5 Å². The molecule has 0 amide bonds.